The third-order valence-electron chi connectivity index (χ3n) is 2.46. The molecule has 0 spiro atoms. The lowest BCUT2D eigenvalue weighted by atomic mass is 10.3. The number of anilines is 1. The van der Waals surface area contributed by atoms with Gasteiger partial charge in [0.25, 0.3) is 5.91 Å². The summed E-state index contributed by atoms with van der Waals surface area (Å²) in [5.41, 5.74) is 0.969. The Morgan fingerprint density at radius 3 is 3.05 bits per heavy atom. The summed E-state index contributed by atoms with van der Waals surface area (Å²) < 4.78 is 1.60. The minimum atomic E-state index is -0.280. The van der Waals surface area contributed by atoms with Crippen LogP contribution < -0.4 is 5.32 Å². The zero-order chi connectivity index (χ0) is 13.4. The molecule has 0 radical (unpaired) electrons. The molecule has 2 heterocycles. The summed E-state index contributed by atoms with van der Waals surface area (Å²) in [6, 6.07) is 6.97. The van der Waals surface area contributed by atoms with E-state index in [-0.39, 0.29) is 5.91 Å². The molecule has 0 aliphatic carbocycles. The summed E-state index contributed by atoms with van der Waals surface area (Å²) in [7, 11) is 0. The van der Waals surface area contributed by atoms with Crippen molar-refractivity contribution < 1.29 is 4.79 Å². The molecule has 1 aromatic carbocycles. The first kappa shape index (κ1) is 12.1. The zero-order valence-corrected chi connectivity index (χ0v) is 11.5. The van der Waals surface area contributed by atoms with Gasteiger partial charge in [0.15, 0.2) is 0 Å². The van der Waals surface area contributed by atoms with Crippen molar-refractivity contribution in [2.75, 3.05) is 5.32 Å². The zero-order valence-electron chi connectivity index (χ0n) is 9.92. The molecule has 0 atom stereocenters. The van der Waals surface area contributed by atoms with E-state index in [4.69, 9.17) is 11.6 Å². The third-order valence-corrected chi connectivity index (χ3v) is 3.53. The highest BCUT2D eigenvalue weighted by Gasteiger charge is 2.13. The Kier molecular flexibility index (Phi) is 2.96. The second kappa shape index (κ2) is 4.64. The normalized spacial score (nSPS) is 10.8. The van der Waals surface area contributed by atoms with Gasteiger partial charge in [-0.25, -0.2) is 9.50 Å². The molecule has 1 N–H and O–H groups in total. The summed E-state index contributed by atoms with van der Waals surface area (Å²) in [5, 5.41) is 8.43. The Hall–Kier alpha value is -1.92. The quantitative estimate of drug-likeness (QED) is 0.790. The predicted molar refractivity (Wildman–Crippen MR) is 75.0 cm³/mol. The Morgan fingerprint density at radius 1 is 1.47 bits per heavy atom. The van der Waals surface area contributed by atoms with E-state index >= 15 is 0 Å². The van der Waals surface area contributed by atoms with Gasteiger partial charge in [0.2, 0.25) is 4.96 Å². The molecule has 0 saturated carbocycles. The average Bonchev–Trinajstić information content (AvgIpc) is 2.86. The summed E-state index contributed by atoms with van der Waals surface area (Å²) >= 11 is 7.30. The van der Waals surface area contributed by atoms with E-state index in [1.165, 1.54) is 11.3 Å². The lowest BCUT2D eigenvalue weighted by molar-refractivity contribution is 0.102. The fourth-order valence-corrected chi connectivity index (χ4v) is 2.58. The van der Waals surface area contributed by atoms with Gasteiger partial charge in [-0.15, -0.1) is 0 Å². The second-order valence-corrected chi connectivity index (χ2v) is 5.54. The van der Waals surface area contributed by atoms with Gasteiger partial charge >= 0.3 is 0 Å². The number of aryl methyl sites for hydroxylation is 1. The van der Waals surface area contributed by atoms with Gasteiger partial charge in [-0.1, -0.05) is 29.0 Å². The Labute approximate surface area is 117 Å². The lowest BCUT2D eigenvalue weighted by Crippen LogP contribution is -2.12. The van der Waals surface area contributed by atoms with Gasteiger partial charge in [0.1, 0.15) is 10.7 Å². The largest absolute Gasteiger partial charge is 0.321 e. The van der Waals surface area contributed by atoms with Gasteiger partial charge in [0.05, 0.1) is 6.20 Å². The van der Waals surface area contributed by atoms with Crippen LogP contribution in [0.5, 0.6) is 0 Å². The summed E-state index contributed by atoms with van der Waals surface area (Å²) in [4.78, 5) is 17.0. The van der Waals surface area contributed by atoms with Gasteiger partial charge < -0.3 is 5.32 Å². The van der Waals surface area contributed by atoms with Crippen LogP contribution >= 0.6 is 22.9 Å². The fourth-order valence-electron chi connectivity index (χ4n) is 1.67. The van der Waals surface area contributed by atoms with E-state index in [0.29, 0.717) is 21.4 Å². The number of hydrogen-bond donors (Lipinski definition) is 1. The van der Waals surface area contributed by atoms with Crippen molar-refractivity contribution in [3.05, 3.63) is 46.2 Å². The van der Waals surface area contributed by atoms with Crippen LogP contribution in [0.3, 0.4) is 0 Å². The van der Waals surface area contributed by atoms with Crippen molar-refractivity contribution in [3.63, 3.8) is 0 Å². The number of carbonyl (C=O) groups excluding carboxylic acids is 1. The summed E-state index contributed by atoms with van der Waals surface area (Å²) in [6.45, 7) is 1.89. The van der Waals surface area contributed by atoms with Crippen LogP contribution in [0.15, 0.2) is 30.5 Å². The van der Waals surface area contributed by atoms with Crippen LogP contribution in [0.1, 0.15) is 15.5 Å². The van der Waals surface area contributed by atoms with Crippen molar-refractivity contribution in [1.82, 2.24) is 14.6 Å². The van der Waals surface area contributed by atoms with Crippen molar-refractivity contribution in [1.29, 1.82) is 0 Å². The van der Waals surface area contributed by atoms with E-state index in [1.54, 1.807) is 35.0 Å². The molecule has 0 saturated heterocycles. The predicted octanol–water partition coefficient (Wildman–Crippen LogP) is 3.00. The Morgan fingerprint density at radius 2 is 2.32 bits per heavy atom. The Balaban J connectivity index is 1.85. The number of benzene rings is 1. The number of amides is 1. The second-order valence-electron chi connectivity index (χ2n) is 3.94. The van der Waals surface area contributed by atoms with Crippen molar-refractivity contribution in [3.8, 4) is 0 Å². The number of halogens is 1. The molecule has 96 valence electrons. The molecule has 0 aliphatic heterocycles. The number of hydrogen-bond acceptors (Lipinski definition) is 4. The molecular weight excluding hydrogens is 284 g/mol. The first-order valence-corrected chi connectivity index (χ1v) is 6.71. The summed E-state index contributed by atoms with van der Waals surface area (Å²) in [6.07, 6.45) is 1.61. The van der Waals surface area contributed by atoms with Gasteiger partial charge in [0, 0.05) is 10.7 Å². The first-order chi connectivity index (χ1) is 9.11. The van der Waals surface area contributed by atoms with E-state index in [1.807, 2.05) is 6.92 Å². The van der Waals surface area contributed by atoms with Gasteiger partial charge in [-0.05, 0) is 25.1 Å². The van der Waals surface area contributed by atoms with Crippen LogP contribution in [0, 0.1) is 6.92 Å². The molecular formula is C12H9ClN4OS. The number of rotatable bonds is 2. The standard InChI is InChI=1S/C12H9ClN4OS/c1-7-16-17-6-10(15-12(17)19-7)11(18)14-9-4-2-3-8(13)5-9/h2-6H,1H3,(H,14,18). The highest BCUT2D eigenvalue weighted by Crippen LogP contribution is 2.17. The molecule has 0 aliphatic rings. The number of nitrogens with zero attached hydrogens (tertiary/aromatic N) is 3. The van der Waals surface area contributed by atoms with Gasteiger partial charge in [-0.3, -0.25) is 4.79 Å². The summed E-state index contributed by atoms with van der Waals surface area (Å²) in [5.74, 6) is -0.280. The highest BCUT2D eigenvalue weighted by atomic mass is 35.5. The molecule has 3 rings (SSSR count). The molecule has 1 amide bonds. The maximum absolute atomic E-state index is 12.0. The smallest absolute Gasteiger partial charge is 0.275 e. The third kappa shape index (κ3) is 2.45. The number of fused-ring (bicyclic) bond motifs is 1. The van der Waals surface area contributed by atoms with E-state index < -0.39 is 0 Å². The maximum Gasteiger partial charge on any atom is 0.275 e. The van der Waals surface area contributed by atoms with Crippen LogP contribution in [-0.4, -0.2) is 20.5 Å². The SMILES string of the molecule is Cc1nn2cc(C(=O)Nc3cccc(Cl)c3)nc2s1. The molecule has 2 aromatic heterocycles. The average molecular weight is 293 g/mol. The molecule has 19 heavy (non-hydrogen) atoms. The monoisotopic (exact) mass is 292 g/mol. The molecule has 3 aromatic rings. The maximum atomic E-state index is 12.0. The van der Waals surface area contributed by atoms with Crippen molar-refractivity contribution in [2.45, 2.75) is 6.92 Å². The fraction of sp³-hybridized carbons (Fsp3) is 0.0833. The Bertz CT molecular complexity index is 733. The first-order valence-electron chi connectivity index (χ1n) is 5.51. The lowest BCUT2D eigenvalue weighted by Gasteiger charge is -2.02. The van der Waals surface area contributed by atoms with Crippen LogP contribution in [0.25, 0.3) is 4.96 Å². The minimum Gasteiger partial charge on any atom is -0.321 e. The topological polar surface area (TPSA) is 59.3 Å². The minimum absolute atomic E-state index is 0.280. The molecule has 7 heteroatoms. The molecule has 5 nitrogen and oxygen atoms in total. The highest BCUT2D eigenvalue weighted by molar-refractivity contribution is 7.16. The van der Waals surface area contributed by atoms with E-state index in [0.717, 1.165) is 5.01 Å². The molecule has 0 fully saturated rings. The molecule has 0 unspecified atom stereocenters. The van der Waals surface area contributed by atoms with Crippen LogP contribution in [0.4, 0.5) is 5.69 Å². The van der Waals surface area contributed by atoms with Crippen LogP contribution in [-0.2, 0) is 0 Å². The number of carbonyl (C=O) groups is 1. The molecule has 0 bridgehead atoms. The number of aromatic nitrogens is 3. The van der Waals surface area contributed by atoms with Crippen molar-refractivity contribution in [2.24, 2.45) is 0 Å². The number of imidazole rings is 1. The van der Waals surface area contributed by atoms with E-state index in [9.17, 15) is 4.79 Å². The van der Waals surface area contributed by atoms with Gasteiger partial charge in [-0.2, -0.15) is 5.10 Å². The van der Waals surface area contributed by atoms with Crippen molar-refractivity contribution >= 4 is 39.5 Å². The van der Waals surface area contributed by atoms with E-state index in [2.05, 4.69) is 15.4 Å². The van der Waals surface area contributed by atoms with Crippen LogP contribution in [0.2, 0.25) is 5.02 Å². The number of nitrogens with one attached hydrogen (secondary N) is 1.